The number of anilines is 2. The summed E-state index contributed by atoms with van der Waals surface area (Å²) in [6.45, 7) is 12.1. The van der Waals surface area contributed by atoms with Crippen LogP contribution in [0.15, 0.2) is 60.8 Å². The second-order valence-electron chi connectivity index (χ2n) is 20.8. The number of fused-ring (bicyclic) bond motifs is 8. The van der Waals surface area contributed by atoms with E-state index in [2.05, 4.69) is 42.7 Å². The van der Waals surface area contributed by atoms with E-state index in [0.29, 0.717) is 72.6 Å². The number of rotatable bonds is 21. The van der Waals surface area contributed by atoms with Gasteiger partial charge in [-0.05, 0) is 80.5 Å². The minimum Gasteiger partial charge on any atom is -0.382 e. The number of nitrogens with one attached hydrogen (secondary N) is 5. The van der Waals surface area contributed by atoms with E-state index in [1.807, 2.05) is 69.0 Å². The first-order chi connectivity index (χ1) is 36.4. The van der Waals surface area contributed by atoms with Crippen molar-refractivity contribution in [3.05, 3.63) is 94.7 Å². The molecule has 2 saturated heterocycles. The van der Waals surface area contributed by atoms with Gasteiger partial charge in [0.05, 0.1) is 69.0 Å². The highest BCUT2D eigenvalue weighted by Crippen LogP contribution is 2.43. The van der Waals surface area contributed by atoms with Gasteiger partial charge in [-0.3, -0.25) is 28.7 Å². The number of carbonyl (C=O) groups excluding carboxylic acids is 5. The van der Waals surface area contributed by atoms with Gasteiger partial charge < -0.3 is 56.5 Å². The number of hydrogen-bond acceptors (Lipinski definition) is 14. The number of aromatic nitrogens is 3. The fourth-order valence-electron chi connectivity index (χ4n) is 10.2. The van der Waals surface area contributed by atoms with Crippen LogP contribution in [-0.2, 0) is 41.7 Å². The highest BCUT2D eigenvalue weighted by Gasteiger charge is 2.45. The molecular formula is C55H74FN13O7. The van der Waals surface area contributed by atoms with Crippen molar-refractivity contribution >= 4 is 41.0 Å². The molecule has 1 unspecified atom stereocenters. The van der Waals surface area contributed by atoms with Crippen LogP contribution in [0.1, 0.15) is 112 Å². The molecule has 2 aromatic heterocycles. The Balaban J connectivity index is 0.889. The number of carbonyl (C=O) groups is 5. The Morgan fingerprint density at radius 1 is 1.01 bits per heavy atom. The van der Waals surface area contributed by atoms with E-state index in [1.165, 1.54) is 23.1 Å². The molecular weight excluding hydrogens is 974 g/mol. The minimum atomic E-state index is -0.875. The van der Waals surface area contributed by atoms with Gasteiger partial charge in [-0.25, -0.2) is 9.37 Å². The number of halogens is 1. The fourth-order valence-corrected chi connectivity index (χ4v) is 10.2. The Bertz CT molecular complexity index is 2740. The van der Waals surface area contributed by atoms with E-state index in [1.54, 1.807) is 36.8 Å². The third-order valence-corrected chi connectivity index (χ3v) is 14.5. The zero-order chi connectivity index (χ0) is 54.7. The maximum absolute atomic E-state index is 14.8. The van der Waals surface area contributed by atoms with E-state index in [4.69, 9.17) is 15.2 Å². The van der Waals surface area contributed by atoms with Crippen LogP contribution in [0.2, 0.25) is 0 Å². The summed E-state index contributed by atoms with van der Waals surface area (Å²) in [4.78, 5) is 78.3. The van der Waals surface area contributed by atoms with Crippen molar-refractivity contribution in [2.45, 2.75) is 116 Å². The molecule has 0 aliphatic carbocycles. The van der Waals surface area contributed by atoms with E-state index in [-0.39, 0.29) is 112 Å². The molecule has 20 nitrogen and oxygen atoms in total. The topological polar surface area (TPSA) is 254 Å². The summed E-state index contributed by atoms with van der Waals surface area (Å²) in [6, 6.07) is 15.1. The summed E-state index contributed by atoms with van der Waals surface area (Å²) in [5.41, 5.74) is 10.1. The predicted molar refractivity (Wildman–Crippen MR) is 285 cm³/mol. The molecule has 0 spiro atoms. The van der Waals surface area contributed by atoms with Gasteiger partial charge >= 0.3 is 0 Å². The predicted octanol–water partition coefficient (Wildman–Crippen LogP) is 3.97. The molecule has 0 saturated carbocycles. The molecule has 3 aliphatic heterocycles. The van der Waals surface area contributed by atoms with Crippen LogP contribution in [0.4, 0.5) is 15.9 Å². The van der Waals surface area contributed by atoms with Gasteiger partial charge in [-0.1, -0.05) is 58.0 Å². The van der Waals surface area contributed by atoms with Crippen molar-refractivity contribution in [3.63, 3.8) is 0 Å². The zero-order valence-electron chi connectivity index (χ0n) is 44.8. The van der Waals surface area contributed by atoms with E-state index < -0.39 is 29.4 Å². The summed E-state index contributed by atoms with van der Waals surface area (Å²) in [6.07, 6.45) is 4.18. The van der Waals surface area contributed by atoms with Gasteiger partial charge in [-0.2, -0.15) is 10.4 Å². The van der Waals surface area contributed by atoms with Crippen LogP contribution >= 0.6 is 0 Å². The Morgan fingerprint density at radius 2 is 1.76 bits per heavy atom. The fraction of sp³-hybridized carbons (Fsp3) is 0.527. The van der Waals surface area contributed by atoms with Gasteiger partial charge in [0.15, 0.2) is 5.69 Å². The number of ether oxygens (including phenoxy) is 2. The smallest absolute Gasteiger partial charge is 0.254 e. The van der Waals surface area contributed by atoms with Crippen LogP contribution in [0.25, 0.3) is 11.1 Å². The van der Waals surface area contributed by atoms with E-state index in [0.717, 1.165) is 12.0 Å². The number of nitriles is 1. The lowest BCUT2D eigenvalue weighted by Gasteiger charge is -2.36. The van der Waals surface area contributed by atoms with Crippen LogP contribution in [0, 0.1) is 22.6 Å². The second-order valence-corrected chi connectivity index (χ2v) is 20.8. The van der Waals surface area contributed by atoms with Crippen molar-refractivity contribution in [1.29, 1.82) is 5.26 Å². The SMILES string of the molecule is CC[C@H](NC(=O)[C@H]1C[C@@H](NCCOCCOCCC(=O)NCCn2nc(C#N)c3c2CN(C)C(=O)c2ccc(F)cc2[C@H]2CCCN2c2cc-3cnc2N)CN1C(=O)C(NC(=O)[C@@H](C)NC)C(C)(C)C)c1ccccc1. The molecule has 7 rings (SSSR count). The maximum Gasteiger partial charge on any atom is 0.254 e. The van der Waals surface area contributed by atoms with Crippen molar-refractivity contribution in [1.82, 2.24) is 51.1 Å². The number of amides is 5. The van der Waals surface area contributed by atoms with Gasteiger partial charge in [0.1, 0.15) is 29.8 Å². The minimum absolute atomic E-state index is 0.0548. The normalized spacial score (nSPS) is 18.5. The Hall–Kier alpha value is -6.99. The molecule has 6 atom stereocenters. The van der Waals surface area contributed by atoms with Crippen LogP contribution in [-0.4, -0.2) is 145 Å². The molecule has 5 heterocycles. The number of pyridine rings is 1. The van der Waals surface area contributed by atoms with Crippen molar-refractivity contribution < 1.29 is 37.8 Å². The number of nitrogens with two attached hydrogens (primary N) is 1. The molecule has 4 aromatic rings. The molecule has 5 amide bonds. The number of hydrogen-bond donors (Lipinski definition) is 6. The first-order valence-electron chi connectivity index (χ1n) is 26.3. The second kappa shape index (κ2) is 25.7. The number of likely N-dealkylation sites (tertiary alicyclic amines) is 1. The summed E-state index contributed by atoms with van der Waals surface area (Å²) in [5, 5.41) is 30.3. The van der Waals surface area contributed by atoms with Crippen LogP contribution in [0.5, 0.6) is 0 Å². The summed E-state index contributed by atoms with van der Waals surface area (Å²) < 4.78 is 27.9. The molecule has 21 heteroatoms. The molecule has 2 bridgehead atoms. The number of nitrogen functional groups attached to an aromatic ring is 1. The first-order valence-corrected chi connectivity index (χ1v) is 26.3. The lowest BCUT2D eigenvalue weighted by Crippen LogP contribution is -2.59. The highest BCUT2D eigenvalue weighted by atomic mass is 19.1. The summed E-state index contributed by atoms with van der Waals surface area (Å²) in [7, 11) is 3.33. The molecule has 2 aromatic carbocycles. The lowest BCUT2D eigenvalue weighted by molar-refractivity contribution is -0.144. The number of nitrogens with zero attached hydrogens (tertiary/aromatic N) is 7. The molecule has 7 N–H and O–H groups in total. The molecule has 408 valence electrons. The Kier molecular flexibility index (Phi) is 19.2. The summed E-state index contributed by atoms with van der Waals surface area (Å²) >= 11 is 0. The maximum atomic E-state index is 14.8. The zero-order valence-corrected chi connectivity index (χ0v) is 44.8. The van der Waals surface area contributed by atoms with E-state index in [9.17, 15) is 33.6 Å². The van der Waals surface area contributed by atoms with Gasteiger partial charge in [0.25, 0.3) is 5.91 Å². The largest absolute Gasteiger partial charge is 0.382 e. The van der Waals surface area contributed by atoms with Crippen LogP contribution < -0.4 is 37.2 Å². The third kappa shape index (κ3) is 13.5. The summed E-state index contributed by atoms with van der Waals surface area (Å²) in [5.74, 6) is -1.63. The first kappa shape index (κ1) is 56.7. The molecule has 2 fully saturated rings. The van der Waals surface area contributed by atoms with Crippen molar-refractivity contribution in [3.8, 4) is 17.2 Å². The van der Waals surface area contributed by atoms with Crippen molar-refractivity contribution in [2.75, 3.05) is 77.3 Å². The molecule has 76 heavy (non-hydrogen) atoms. The number of likely N-dealkylation sites (N-methyl/N-ethyl adjacent to an activating group) is 1. The van der Waals surface area contributed by atoms with Gasteiger partial charge in [-0.15, -0.1) is 0 Å². The van der Waals surface area contributed by atoms with Gasteiger partial charge in [0.2, 0.25) is 23.6 Å². The lowest BCUT2D eigenvalue weighted by atomic mass is 9.85. The van der Waals surface area contributed by atoms with Crippen molar-refractivity contribution in [2.24, 2.45) is 5.41 Å². The highest BCUT2D eigenvalue weighted by molar-refractivity contribution is 5.96. The standard InChI is InChI=1S/C55H74FN13O7/c1-8-41(35-13-10-9-11-14-35)63-52(72)45-29-38(32-68(45)54(74)49(55(3,4)5)64-51(71)34(2)59-6)60-20-24-76-26-25-75-23-18-47(70)61-19-22-69-46-33-66(7)53(73)39-17-16-37(56)28-40(39)43-15-12-21-67(43)44-27-36(31-62-50(44)58)48(46)42(30-57)65-69/h9-11,13-14,16-17,27-28,31,34,38,41,43,45,49,59-60H,8,12,15,18-26,29,32-33H2,1-7H3,(H2,58,62)(H,61,70)(H,63,72)(H,64,71)/t34-,38-,41+,43-,45-,49?/m1/s1. The van der Waals surface area contributed by atoms with Crippen LogP contribution in [0.3, 0.4) is 0 Å². The van der Waals surface area contributed by atoms with E-state index >= 15 is 0 Å². The Labute approximate surface area is 444 Å². The van der Waals surface area contributed by atoms with Gasteiger partial charge in [0, 0.05) is 68.6 Å². The number of benzene rings is 2. The average Bonchev–Trinajstić information content (AvgIpc) is 4.16. The molecule has 0 radical (unpaired) electrons. The average molecular weight is 1050 g/mol. The monoisotopic (exact) mass is 1050 g/mol. The quantitative estimate of drug-likeness (QED) is 0.0647. The third-order valence-electron chi connectivity index (χ3n) is 14.5. The molecule has 3 aliphatic rings. The Morgan fingerprint density at radius 3 is 2.47 bits per heavy atom.